The molecule has 0 aliphatic carbocycles. The minimum Gasteiger partial charge on any atom is -0.486 e. The molecule has 29 heavy (non-hydrogen) atoms. The molecule has 1 aliphatic rings. The number of aryl methyl sites for hydroxylation is 1. The zero-order valence-electron chi connectivity index (χ0n) is 16.0. The summed E-state index contributed by atoms with van der Waals surface area (Å²) in [6.45, 7) is 4.92. The number of nitrogens with one attached hydrogen (secondary N) is 1. The molecule has 3 heterocycles. The van der Waals surface area contributed by atoms with Gasteiger partial charge < -0.3 is 28.9 Å². The molecule has 0 spiro atoms. The van der Waals surface area contributed by atoms with Crippen molar-refractivity contribution in [2.24, 2.45) is 0 Å². The van der Waals surface area contributed by atoms with Gasteiger partial charge in [0.15, 0.2) is 11.5 Å². The molecular formula is C21H20N2O6. The standard InChI is InChI=1S/C21H20N2O6/c1-12-9-16(20(24)22-11-15-4-6-18(29-15)21(25)26)13(2)23(12)14-3-5-17-19(10-14)28-8-7-27-17/h3-6,9-10H,7-8,11H2,1-2H3,(H,22,24)(H,25,26). The molecule has 2 N–H and O–H groups in total. The minimum atomic E-state index is -1.15. The third-order valence-electron chi connectivity index (χ3n) is 4.76. The number of benzene rings is 1. The predicted molar refractivity (Wildman–Crippen MR) is 103 cm³/mol. The van der Waals surface area contributed by atoms with Crippen molar-refractivity contribution in [3.05, 3.63) is 64.9 Å². The number of carbonyl (C=O) groups is 2. The van der Waals surface area contributed by atoms with Crippen molar-refractivity contribution >= 4 is 11.9 Å². The van der Waals surface area contributed by atoms with Gasteiger partial charge in [0.1, 0.15) is 19.0 Å². The number of rotatable bonds is 5. The molecule has 1 aliphatic heterocycles. The Hall–Kier alpha value is -3.68. The fraction of sp³-hybridized carbons (Fsp3) is 0.238. The van der Waals surface area contributed by atoms with Gasteiger partial charge in [0.2, 0.25) is 5.76 Å². The van der Waals surface area contributed by atoms with Gasteiger partial charge in [0.25, 0.3) is 5.91 Å². The van der Waals surface area contributed by atoms with E-state index in [1.54, 1.807) is 0 Å². The van der Waals surface area contributed by atoms with Crippen molar-refractivity contribution in [2.75, 3.05) is 13.2 Å². The van der Waals surface area contributed by atoms with Crippen LogP contribution in [0, 0.1) is 13.8 Å². The summed E-state index contributed by atoms with van der Waals surface area (Å²) >= 11 is 0. The number of aromatic carboxylic acids is 1. The molecule has 150 valence electrons. The average Bonchev–Trinajstić information content (AvgIpc) is 3.30. The van der Waals surface area contributed by atoms with E-state index < -0.39 is 5.97 Å². The number of aromatic nitrogens is 1. The maximum atomic E-state index is 12.7. The van der Waals surface area contributed by atoms with E-state index in [0.717, 1.165) is 17.1 Å². The first kappa shape index (κ1) is 18.7. The van der Waals surface area contributed by atoms with Crippen molar-refractivity contribution < 1.29 is 28.6 Å². The summed E-state index contributed by atoms with van der Waals surface area (Å²) in [4.78, 5) is 23.6. The number of ether oxygens (including phenoxy) is 2. The van der Waals surface area contributed by atoms with Gasteiger partial charge in [0.05, 0.1) is 12.1 Å². The Morgan fingerprint density at radius 3 is 2.55 bits per heavy atom. The molecule has 1 amide bonds. The molecule has 0 saturated heterocycles. The van der Waals surface area contributed by atoms with Gasteiger partial charge in [-0.15, -0.1) is 0 Å². The van der Waals surface area contributed by atoms with Crippen LogP contribution in [0.2, 0.25) is 0 Å². The largest absolute Gasteiger partial charge is 0.486 e. The molecule has 2 aromatic heterocycles. The maximum absolute atomic E-state index is 12.7. The summed E-state index contributed by atoms with van der Waals surface area (Å²) in [7, 11) is 0. The molecule has 0 fully saturated rings. The van der Waals surface area contributed by atoms with Crippen LogP contribution in [0.5, 0.6) is 11.5 Å². The predicted octanol–water partition coefficient (Wildman–Crippen LogP) is 3.09. The van der Waals surface area contributed by atoms with Gasteiger partial charge in [0, 0.05) is 23.1 Å². The smallest absolute Gasteiger partial charge is 0.371 e. The summed E-state index contributed by atoms with van der Waals surface area (Å²) in [6, 6.07) is 10.4. The van der Waals surface area contributed by atoms with Crippen LogP contribution in [0.4, 0.5) is 0 Å². The Labute approximate surface area is 166 Å². The van der Waals surface area contributed by atoms with Gasteiger partial charge >= 0.3 is 5.97 Å². The van der Waals surface area contributed by atoms with Crippen molar-refractivity contribution in [3.8, 4) is 17.2 Å². The van der Waals surface area contributed by atoms with E-state index in [0.29, 0.717) is 36.0 Å². The Kier molecular flexibility index (Phi) is 4.75. The van der Waals surface area contributed by atoms with E-state index in [-0.39, 0.29) is 18.2 Å². The third-order valence-corrected chi connectivity index (χ3v) is 4.76. The topological polar surface area (TPSA) is 103 Å². The van der Waals surface area contributed by atoms with E-state index in [1.807, 2.05) is 42.7 Å². The van der Waals surface area contributed by atoms with Crippen molar-refractivity contribution in [3.63, 3.8) is 0 Å². The maximum Gasteiger partial charge on any atom is 0.371 e. The van der Waals surface area contributed by atoms with Gasteiger partial charge in [-0.1, -0.05) is 0 Å². The van der Waals surface area contributed by atoms with E-state index in [1.165, 1.54) is 12.1 Å². The average molecular weight is 396 g/mol. The lowest BCUT2D eigenvalue weighted by Gasteiger charge is -2.20. The van der Waals surface area contributed by atoms with Crippen molar-refractivity contribution in [1.29, 1.82) is 0 Å². The Bertz CT molecular complexity index is 1090. The molecular weight excluding hydrogens is 376 g/mol. The Morgan fingerprint density at radius 1 is 1.07 bits per heavy atom. The molecule has 8 nitrogen and oxygen atoms in total. The summed E-state index contributed by atoms with van der Waals surface area (Å²) in [5, 5.41) is 11.7. The lowest BCUT2D eigenvalue weighted by Crippen LogP contribution is -2.23. The summed E-state index contributed by atoms with van der Waals surface area (Å²) < 4.78 is 18.4. The Balaban J connectivity index is 1.54. The number of carboxylic acids is 1. The van der Waals surface area contributed by atoms with E-state index >= 15 is 0 Å². The number of furan rings is 1. The molecule has 8 heteroatoms. The molecule has 0 atom stereocenters. The minimum absolute atomic E-state index is 0.0970. The van der Waals surface area contributed by atoms with Crippen LogP contribution in [0.15, 0.2) is 40.8 Å². The third kappa shape index (κ3) is 3.56. The molecule has 0 saturated carbocycles. The van der Waals surface area contributed by atoms with Crippen LogP contribution in [0.25, 0.3) is 5.69 Å². The van der Waals surface area contributed by atoms with Crippen molar-refractivity contribution in [2.45, 2.75) is 20.4 Å². The zero-order chi connectivity index (χ0) is 20.5. The molecule has 4 rings (SSSR count). The summed E-state index contributed by atoms with van der Waals surface area (Å²) in [6.07, 6.45) is 0. The lowest BCUT2D eigenvalue weighted by molar-refractivity contribution is 0.0660. The van der Waals surface area contributed by atoms with Gasteiger partial charge in [-0.25, -0.2) is 4.79 Å². The number of amides is 1. The fourth-order valence-electron chi connectivity index (χ4n) is 3.41. The highest BCUT2D eigenvalue weighted by Gasteiger charge is 2.19. The molecule has 1 aromatic carbocycles. The second kappa shape index (κ2) is 7.38. The fourth-order valence-corrected chi connectivity index (χ4v) is 3.41. The number of fused-ring (bicyclic) bond motifs is 1. The highest BCUT2D eigenvalue weighted by molar-refractivity contribution is 5.95. The van der Waals surface area contributed by atoms with Crippen LogP contribution >= 0.6 is 0 Å². The number of nitrogens with zero attached hydrogens (tertiary/aromatic N) is 1. The van der Waals surface area contributed by atoms with Gasteiger partial charge in [-0.2, -0.15) is 0 Å². The van der Waals surface area contributed by atoms with Crippen LogP contribution in [0.1, 0.15) is 38.1 Å². The summed E-state index contributed by atoms with van der Waals surface area (Å²) in [5.74, 6) is 0.182. The molecule has 0 unspecified atom stereocenters. The van der Waals surface area contributed by atoms with Crippen LogP contribution in [-0.4, -0.2) is 34.8 Å². The van der Waals surface area contributed by atoms with Crippen LogP contribution in [0.3, 0.4) is 0 Å². The number of carbonyl (C=O) groups excluding carboxylic acids is 1. The molecule has 0 radical (unpaired) electrons. The van der Waals surface area contributed by atoms with Crippen molar-refractivity contribution in [1.82, 2.24) is 9.88 Å². The van der Waals surface area contributed by atoms with E-state index in [9.17, 15) is 9.59 Å². The van der Waals surface area contributed by atoms with Crippen LogP contribution in [-0.2, 0) is 6.54 Å². The quantitative estimate of drug-likeness (QED) is 0.687. The Morgan fingerprint density at radius 2 is 1.83 bits per heavy atom. The van der Waals surface area contributed by atoms with Crippen LogP contribution < -0.4 is 14.8 Å². The second-order valence-electron chi connectivity index (χ2n) is 6.70. The number of carboxylic acid groups (broad SMARTS) is 1. The summed E-state index contributed by atoms with van der Waals surface area (Å²) in [5.41, 5.74) is 3.08. The monoisotopic (exact) mass is 396 g/mol. The first-order chi connectivity index (χ1) is 13.9. The lowest BCUT2D eigenvalue weighted by atomic mass is 10.2. The number of hydrogen-bond donors (Lipinski definition) is 2. The highest BCUT2D eigenvalue weighted by atomic mass is 16.6. The SMILES string of the molecule is Cc1cc(C(=O)NCc2ccc(C(=O)O)o2)c(C)n1-c1ccc2c(c1)OCCO2. The normalized spacial score (nSPS) is 12.6. The zero-order valence-corrected chi connectivity index (χ0v) is 16.0. The number of hydrogen-bond acceptors (Lipinski definition) is 5. The molecule has 0 bridgehead atoms. The van der Waals surface area contributed by atoms with Gasteiger partial charge in [-0.3, -0.25) is 4.79 Å². The second-order valence-corrected chi connectivity index (χ2v) is 6.70. The highest BCUT2D eigenvalue weighted by Crippen LogP contribution is 2.33. The van der Waals surface area contributed by atoms with E-state index in [2.05, 4.69) is 5.32 Å². The molecule has 3 aromatic rings. The van der Waals surface area contributed by atoms with E-state index in [4.69, 9.17) is 19.0 Å². The van der Waals surface area contributed by atoms with Gasteiger partial charge in [-0.05, 0) is 44.2 Å². The first-order valence-corrected chi connectivity index (χ1v) is 9.13. The first-order valence-electron chi connectivity index (χ1n) is 9.13.